The number of carboxylic acids is 1. The Morgan fingerprint density at radius 2 is 2.05 bits per heavy atom. The summed E-state index contributed by atoms with van der Waals surface area (Å²) in [5, 5.41) is 8.93. The Morgan fingerprint density at radius 3 is 2.60 bits per heavy atom. The van der Waals surface area contributed by atoms with E-state index >= 15 is 0 Å². The maximum atomic E-state index is 10.9. The molecule has 1 aromatic rings. The minimum absolute atomic E-state index is 0.194. The van der Waals surface area contributed by atoms with Gasteiger partial charge in [-0.2, -0.15) is 0 Å². The summed E-state index contributed by atoms with van der Waals surface area (Å²) >= 11 is 3.40. The van der Waals surface area contributed by atoms with Gasteiger partial charge in [-0.25, -0.2) is 4.79 Å². The van der Waals surface area contributed by atoms with Crippen LogP contribution in [-0.4, -0.2) is 29.4 Å². The summed E-state index contributed by atoms with van der Waals surface area (Å²) in [5.41, 5.74) is 1.23. The highest BCUT2D eigenvalue weighted by Crippen LogP contribution is 2.25. The molecule has 0 aromatic heterocycles. The summed E-state index contributed by atoms with van der Waals surface area (Å²) in [5.74, 6) is -0.926. The van der Waals surface area contributed by atoms with E-state index in [0.717, 1.165) is 22.9 Å². The third-order valence-corrected chi connectivity index (χ3v) is 4.17. The quantitative estimate of drug-likeness (QED) is 0.907. The summed E-state index contributed by atoms with van der Waals surface area (Å²) in [6, 6.07) is 5.00. The molecule has 1 aliphatic heterocycles. The zero-order valence-corrected chi connectivity index (χ0v) is 13.2. The predicted octanol–water partition coefficient (Wildman–Crippen LogP) is 3.62. The molecule has 2 atom stereocenters. The highest BCUT2D eigenvalue weighted by atomic mass is 79.9. The van der Waals surface area contributed by atoms with Crippen LogP contribution in [0.5, 0.6) is 0 Å². The van der Waals surface area contributed by atoms with E-state index in [2.05, 4.69) is 29.8 Å². The van der Waals surface area contributed by atoms with Crippen molar-refractivity contribution in [1.29, 1.82) is 0 Å². The number of carbonyl (C=O) groups is 1. The van der Waals surface area contributed by atoms with Crippen molar-refractivity contribution < 1.29 is 19.4 Å². The molecule has 20 heavy (non-hydrogen) atoms. The Labute approximate surface area is 127 Å². The second kappa shape index (κ2) is 6.70. The normalized spacial score (nSPS) is 26.4. The second-order valence-electron chi connectivity index (χ2n) is 5.27. The van der Waals surface area contributed by atoms with Gasteiger partial charge in [-0.1, -0.05) is 22.0 Å². The van der Waals surface area contributed by atoms with Crippen LogP contribution in [0.3, 0.4) is 0 Å². The van der Waals surface area contributed by atoms with Crippen LogP contribution in [0.4, 0.5) is 0 Å². The summed E-state index contributed by atoms with van der Waals surface area (Å²) in [6.07, 6.45) is 2.44. The first-order chi connectivity index (χ1) is 9.45. The summed E-state index contributed by atoms with van der Waals surface area (Å²) < 4.78 is 12.4. The molecule has 1 aromatic carbocycles. The van der Waals surface area contributed by atoms with E-state index in [1.54, 1.807) is 18.2 Å². The Balaban J connectivity index is 1.95. The first kappa shape index (κ1) is 15.5. The fourth-order valence-corrected chi connectivity index (χ4v) is 2.98. The van der Waals surface area contributed by atoms with Crippen LogP contribution in [0.1, 0.15) is 42.6 Å². The molecule has 0 bridgehead atoms. The number of aromatic carboxylic acids is 1. The lowest BCUT2D eigenvalue weighted by Gasteiger charge is -2.32. The fourth-order valence-electron chi connectivity index (χ4n) is 2.49. The fraction of sp³-hybridized carbons (Fsp3) is 0.533. The highest BCUT2D eigenvalue weighted by Gasteiger charge is 2.25. The molecule has 0 radical (unpaired) electrons. The van der Waals surface area contributed by atoms with E-state index in [-0.39, 0.29) is 23.9 Å². The standard InChI is InChI=1S/C15H19BrO4/c1-9-5-13(6-10(2)20-9)19-8-12-4-3-11(15(17)18)7-14(12)16/h3-4,7,9-10,13H,5-6,8H2,1-2H3,(H,17,18). The first-order valence-corrected chi connectivity index (χ1v) is 7.53. The van der Waals surface area contributed by atoms with Crippen molar-refractivity contribution in [1.82, 2.24) is 0 Å². The molecule has 1 aliphatic rings. The molecule has 1 fully saturated rings. The van der Waals surface area contributed by atoms with Crippen molar-refractivity contribution >= 4 is 21.9 Å². The zero-order chi connectivity index (χ0) is 14.7. The van der Waals surface area contributed by atoms with Gasteiger partial charge < -0.3 is 14.6 Å². The third-order valence-electron chi connectivity index (χ3n) is 3.43. The van der Waals surface area contributed by atoms with Crippen molar-refractivity contribution in [2.75, 3.05) is 0 Å². The maximum Gasteiger partial charge on any atom is 0.335 e. The van der Waals surface area contributed by atoms with E-state index in [1.807, 2.05) is 0 Å². The molecule has 0 aliphatic carbocycles. The lowest BCUT2D eigenvalue weighted by Crippen LogP contribution is -2.34. The number of carboxylic acid groups (broad SMARTS) is 1. The van der Waals surface area contributed by atoms with Crippen LogP contribution in [0.25, 0.3) is 0 Å². The predicted molar refractivity (Wildman–Crippen MR) is 78.9 cm³/mol. The van der Waals surface area contributed by atoms with Gasteiger partial charge in [0.15, 0.2) is 0 Å². The van der Waals surface area contributed by atoms with E-state index in [4.69, 9.17) is 14.6 Å². The van der Waals surface area contributed by atoms with Crippen molar-refractivity contribution in [2.45, 2.75) is 51.6 Å². The largest absolute Gasteiger partial charge is 0.478 e. The van der Waals surface area contributed by atoms with Gasteiger partial charge in [0, 0.05) is 4.47 Å². The molecule has 1 heterocycles. The summed E-state index contributed by atoms with van der Waals surface area (Å²) in [6.45, 7) is 4.60. The third kappa shape index (κ3) is 4.04. The van der Waals surface area contributed by atoms with Gasteiger partial charge in [-0.3, -0.25) is 0 Å². The average Bonchev–Trinajstić information content (AvgIpc) is 2.36. The molecule has 1 saturated heterocycles. The topological polar surface area (TPSA) is 55.8 Å². The number of hydrogen-bond donors (Lipinski definition) is 1. The monoisotopic (exact) mass is 342 g/mol. The van der Waals surface area contributed by atoms with Crippen LogP contribution in [0.2, 0.25) is 0 Å². The van der Waals surface area contributed by atoms with Gasteiger partial charge in [-0.15, -0.1) is 0 Å². The number of benzene rings is 1. The molecular formula is C15H19BrO4. The Morgan fingerprint density at radius 1 is 1.40 bits per heavy atom. The Hall–Kier alpha value is -0.910. The van der Waals surface area contributed by atoms with E-state index in [9.17, 15) is 4.79 Å². The number of halogens is 1. The molecule has 110 valence electrons. The molecule has 5 heteroatoms. The molecule has 2 rings (SSSR count). The summed E-state index contributed by atoms with van der Waals surface area (Å²) in [7, 11) is 0. The van der Waals surface area contributed by atoms with E-state index in [1.165, 1.54) is 0 Å². The smallest absolute Gasteiger partial charge is 0.335 e. The summed E-state index contributed by atoms with van der Waals surface area (Å²) in [4.78, 5) is 10.9. The van der Waals surface area contributed by atoms with E-state index < -0.39 is 5.97 Å². The average molecular weight is 343 g/mol. The molecule has 0 saturated carbocycles. The van der Waals surface area contributed by atoms with Crippen LogP contribution in [0, 0.1) is 0 Å². The van der Waals surface area contributed by atoms with Gasteiger partial charge >= 0.3 is 5.97 Å². The van der Waals surface area contributed by atoms with Gasteiger partial charge in [0.05, 0.1) is 30.5 Å². The molecule has 0 spiro atoms. The van der Waals surface area contributed by atoms with E-state index in [0.29, 0.717) is 6.61 Å². The minimum atomic E-state index is -0.926. The van der Waals surface area contributed by atoms with Gasteiger partial charge in [-0.05, 0) is 44.4 Å². The van der Waals surface area contributed by atoms with Crippen LogP contribution in [0.15, 0.2) is 22.7 Å². The lowest BCUT2D eigenvalue weighted by atomic mass is 10.0. The van der Waals surface area contributed by atoms with Crippen LogP contribution < -0.4 is 0 Å². The molecule has 0 amide bonds. The van der Waals surface area contributed by atoms with Crippen molar-refractivity contribution in [3.8, 4) is 0 Å². The number of hydrogen-bond acceptors (Lipinski definition) is 3. The van der Waals surface area contributed by atoms with Crippen LogP contribution >= 0.6 is 15.9 Å². The lowest BCUT2D eigenvalue weighted by molar-refractivity contribution is -0.106. The number of rotatable bonds is 4. The molecule has 2 unspecified atom stereocenters. The highest BCUT2D eigenvalue weighted by molar-refractivity contribution is 9.10. The van der Waals surface area contributed by atoms with Gasteiger partial charge in [0.25, 0.3) is 0 Å². The Bertz CT molecular complexity index is 479. The second-order valence-corrected chi connectivity index (χ2v) is 6.13. The molecular weight excluding hydrogens is 324 g/mol. The molecule has 1 N–H and O–H groups in total. The zero-order valence-electron chi connectivity index (χ0n) is 11.6. The molecule has 4 nitrogen and oxygen atoms in total. The van der Waals surface area contributed by atoms with Crippen molar-refractivity contribution in [2.24, 2.45) is 0 Å². The minimum Gasteiger partial charge on any atom is -0.478 e. The van der Waals surface area contributed by atoms with Crippen LogP contribution in [-0.2, 0) is 16.1 Å². The SMILES string of the molecule is CC1CC(OCc2ccc(C(=O)O)cc2Br)CC(C)O1. The number of ether oxygens (including phenoxy) is 2. The maximum absolute atomic E-state index is 10.9. The first-order valence-electron chi connectivity index (χ1n) is 6.74. The van der Waals surface area contributed by atoms with Crippen molar-refractivity contribution in [3.05, 3.63) is 33.8 Å². The van der Waals surface area contributed by atoms with Gasteiger partial charge in [0.2, 0.25) is 0 Å². The van der Waals surface area contributed by atoms with Crippen molar-refractivity contribution in [3.63, 3.8) is 0 Å². The van der Waals surface area contributed by atoms with Gasteiger partial charge in [0.1, 0.15) is 0 Å². The Kier molecular flexibility index (Phi) is 5.18.